The highest BCUT2D eigenvalue weighted by molar-refractivity contribution is 7.15. The van der Waals surface area contributed by atoms with E-state index in [9.17, 15) is 18.0 Å². The number of thiophene rings is 2. The molecule has 0 unspecified atom stereocenters. The molecule has 1 atom stereocenters. The Morgan fingerprint density at radius 3 is 2.63 bits per heavy atom. The van der Waals surface area contributed by atoms with Gasteiger partial charge in [-0.25, -0.2) is 4.79 Å². The van der Waals surface area contributed by atoms with Crippen LogP contribution in [0.25, 0.3) is 5.00 Å². The van der Waals surface area contributed by atoms with Gasteiger partial charge in [0, 0.05) is 21.5 Å². The van der Waals surface area contributed by atoms with Gasteiger partial charge in [0.25, 0.3) is 0 Å². The fourth-order valence-electron chi connectivity index (χ4n) is 5.16. The zero-order valence-corrected chi connectivity index (χ0v) is 20.3. The number of nitrogens with one attached hydrogen (secondary N) is 1. The Labute approximate surface area is 208 Å². The maximum atomic E-state index is 13.8. The van der Waals surface area contributed by atoms with Crippen LogP contribution in [0.4, 0.5) is 23.7 Å². The molecule has 4 nitrogen and oxygen atoms in total. The summed E-state index contributed by atoms with van der Waals surface area (Å²) < 4.78 is 43.1. The molecule has 0 radical (unpaired) electrons. The molecule has 1 aromatic carbocycles. The molecular formula is C26H22F3N3OS2. The number of hydrogen-bond acceptors (Lipinski definition) is 3. The number of hydrogen-bond donors (Lipinski definition) is 1. The second kappa shape index (κ2) is 8.57. The van der Waals surface area contributed by atoms with Crippen molar-refractivity contribution >= 4 is 34.4 Å². The lowest BCUT2D eigenvalue weighted by Crippen LogP contribution is -2.38. The number of carbonyl (C=O) groups excluding carboxylic acids is 1. The van der Waals surface area contributed by atoms with Crippen molar-refractivity contribution in [2.45, 2.75) is 44.4 Å². The number of amides is 2. The van der Waals surface area contributed by atoms with E-state index in [1.807, 2.05) is 35.8 Å². The SMILES string of the molecule is O=C(Nc1ccccc1C(F)(F)F)N1Cc2c(sc3c2CCCC3)-n2cccc2[C@@H]1c1cccs1. The molecule has 1 N–H and O–H groups in total. The summed E-state index contributed by atoms with van der Waals surface area (Å²) in [7, 11) is 0. The van der Waals surface area contributed by atoms with Crippen molar-refractivity contribution in [3.63, 3.8) is 0 Å². The Kier molecular flexibility index (Phi) is 5.49. The van der Waals surface area contributed by atoms with Gasteiger partial charge in [-0.2, -0.15) is 13.2 Å². The lowest BCUT2D eigenvalue weighted by Gasteiger charge is -2.31. The number of para-hydroxylation sites is 1. The van der Waals surface area contributed by atoms with Gasteiger partial charge in [0.15, 0.2) is 0 Å². The third kappa shape index (κ3) is 3.87. The number of fused-ring (bicyclic) bond motifs is 5. The van der Waals surface area contributed by atoms with Crippen molar-refractivity contribution in [1.82, 2.24) is 9.47 Å². The van der Waals surface area contributed by atoms with Crippen LogP contribution in [-0.4, -0.2) is 15.5 Å². The normalized spacial score (nSPS) is 17.3. The Bertz CT molecular complexity index is 1390. The molecule has 0 bridgehead atoms. The van der Waals surface area contributed by atoms with Crippen molar-refractivity contribution in [2.75, 3.05) is 5.32 Å². The number of nitrogens with zero attached hydrogens (tertiary/aromatic N) is 2. The third-order valence-corrected chi connectivity index (χ3v) is 8.98. The zero-order chi connectivity index (χ0) is 24.2. The molecule has 6 rings (SSSR count). The van der Waals surface area contributed by atoms with Gasteiger partial charge in [-0.3, -0.25) is 0 Å². The quantitative estimate of drug-likeness (QED) is 0.294. The van der Waals surface area contributed by atoms with E-state index < -0.39 is 23.8 Å². The Balaban J connectivity index is 1.47. The fraction of sp³-hybridized carbons (Fsp3) is 0.269. The summed E-state index contributed by atoms with van der Waals surface area (Å²) in [6, 6.07) is 12.1. The second-order valence-electron chi connectivity index (χ2n) is 8.82. The maximum Gasteiger partial charge on any atom is 0.418 e. The minimum Gasteiger partial charge on any atom is -0.310 e. The number of benzene rings is 1. The zero-order valence-electron chi connectivity index (χ0n) is 18.6. The van der Waals surface area contributed by atoms with Crippen LogP contribution in [-0.2, 0) is 25.6 Å². The number of alkyl halides is 3. The summed E-state index contributed by atoms with van der Waals surface area (Å²) in [5.41, 5.74) is 2.26. The van der Waals surface area contributed by atoms with E-state index in [2.05, 4.69) is 9.88 Å². The number of aromatic nitrogens is 1. The summed E-state index contributed by atoms with van der Waals surface area (Å²) in [5, 5.41) is 5.67. The summed E-state index contributed by atoms with van der Waals surface area (Å²) in [6.45, 7) is 0.339. The van der Waals surface area contributed by atoms with E-state index in [0.717, 1.165) is 52.9 Å². The molecule has 0 spiro atoms. The van der Waals surface area contributed by atoms with E-state index in [1.165, 1.54) is 40.0 Å². The average molecular weight is 514 g/mol. The van der Waals surface area contributed by atoms with Crippen LogP contribution in [0.2, 0.25) is 0 Å². The molecule has 0 saturated carbocycles. The molecule has 2 aliphatic rings. The van der Waals surface area contributed by atoms with Crippen LogP contribution in [0.15, 0.2) is 60.1 Å². The van der Waals surface area contributed by atoms with E-state index >= 15 is 0 Å². The number of urea groups is 1. The van der Waals surface area contributed by atoms with Crippen molar-refractivity contribution in [2.24, 2.45) is 0 Å². The predicted molar refractivity (Wildman–Crippen MR) is 132 cm³/mol. The number of anilines is 1. The Morgan fingerprint density at radius 1 is 1.00 bits per heavy atom. The van der Waals surface area contributed by atoms with Crippen molar-refractivity contribution in [3.05, 3.63) is 92.2 Å². The van der Waals surface area contributed by atoms with Crippen LogP contribution >= 0.6 is 22.7 Å². The average Bonchev–Trinajstić information content (AvgIpc) is 3.58. The summed E-state index contributed by atoms with van der Waals surface area (Å²) in [4.78, 5) is 17.8. The Hall–Kier alpha value is -3.04. The first-order valence-electron chi connectivity index (χ1n) is 11.5. The first kappa shape index (κ1) is 22.4. The molecular weight excluding hydrogens is 491 g/mol. The minimum atomic E-state index is -4.57. The molecule has 0 saturated heterocycles. The van der Waals surface area contributed by atoms with E-state index in [1.54, 1.807) is 16.2 Å². The second-order valence-corrected chi connectivity index (χ2v) is 10.9. The van der Waals surface area contributed by atoms with Gasteiger partial charge in [-0.1, -0.05) is 18.2 Å². The lowest BCUT2D eigenvalue weighted by atomic mass is 9.95. The van der Waals surface area contributed by atoms with E-state index in [0.29, 0.717) is 6.54 Å². The van der Waals surface area contributed by atoms with Gasteiger partial charge in [0.1, 0.15) is 11.0 Å². The molecule has 2 amide bonds. The van der Waals surface area contributed by atoms with E-state index in [-0.39, 0.29) is 5.69 Å². The van der Waals surface area contributed by atoms with Crippen LogP contribution in [0.5, 0.6) is 0 Å². The summed E-state index contributed by atoms with van der Waals surface area (Å²) in [6.07, 6.45) is 1.72. The van der Waals surface area contributed by atoms with Gasteiger partial charge in [0.2, 0.25) is 0 Å². The largest absolute Gasteiger partial charge is 0.418 e. The van der Waals surface area contributed by atoms with Crippen molar-refractivity contribution in [3.8, 4) is 5.00 Å². The number of aryl methyl sites for hydroxylation is 1. The maximum absolute atomic E-state index is 13.8. The molecule has 180 valence electrons. The monoisotopic (exact) mass is 513 g/mol. The summed E-state index contributed by atoms with van der Waals surface area (Å²) >= 11 is 3.32. The number of halogens is 3. The molecule has 35 heavy (non-hydrogen) atoms. The van der Waals surface area contributed by atoms with Crippen LogP contribution in [0.3, 0.4) is 0 Å². The highest BCUT2D eigenvalue weighted by atomic mass is 32.1. The first-order chi connectivity index (χ1) is 16.9. The van der Waals surface area contributed by atoms with Crippen molar-refractivity contribution < 1.29 is 18.0 Å². The highest BCUT2D eigenvalue weighted by Gasteiger charge is 2.38. The standard InChI is InChI=1S/C26H22F3N3OS2/c27-26(28,29)18-8-2-3-9-19(18)30-25(33)32-15-17-16-7-1-4-11-21(16)35-24(17)31-13-5-10-20(31)23(32)22-12-6-14-34-22/h2-3,5-6,8-10,12-14,23H,1,4,7,11,15H2,(H,30,33)/t23-/m1/s1. The molecule has 0 fully saturated rings. The van der Waals surface area contributed by atoms with Crippen LogP contribution < -0.4 is 5.32 Å². The third-order valence-electron chi connectivity index (χ3n) is 6.73. The van der Waals surface area contributed by atoms with Gasteiger partial charge < -0.3 is 14.8 Å². The van der Waals surface area contributed by atoms with Crippen LogP contribution in [0, 0.1) is 0 Å². The first-order valence-corrected chi connectivity index (χ1v) is 13.2. The summed E-state index contributed by atoms with van der Waals surface area (Å²) in [5.74, 6) is 0. The van der Waals surface area contributed by atoms with Gasteiger partial charge in [-0.05, 0) is 67.0 Å². The minimum absolute atomic E-state index is 0.234. The molecule has 1 aliphatic heterocycles. The smallest absolute Gasteiger partial charge is 0.310 e. The number of rotatable bonds is 2. The molecule has 9 heteroatoms. The van der Waals surface area contributed by atoms with Crippen LogP contribution in [0.1, 0.15) is 51.0 Å². The Morgan fingerprint density at radius 2 is 1.83 bits per heavy atom. The number of carbonyl (C=O) groups is 1. The lowest BCUT2D eigenvalue weighted by molar-refractivity contribution is -0.136. The predicted octanol–water partition coefficient (Wildman–Crippen LogP) is 7.64. The molecule has 4 heterocycles. The topological polar surface area (TPSA) is 37.3 Å². The van der Waals surface area contributed by atoms with E-state index in [4.69, 9.17) is 0 Å². The molecule has 1 aliphatic carbocycles. The van der Waals surface area contributed by atoms with Crippen molar-refractivity contribution in [1.29, 1.82) is 0 Å². The fourth-order valence-corrected chi connectivity index (χ4v) is 7.41. The molecule has 4 aromatic rings. The molecule has 3 aromatic heterocycles. The van der Waals surface area contributed by atoms with Gasteiger partial charge >= 0.3 is 12.2 Å². The highest BCUT2D eigenvalue weighted by Crippen LogP contribution is 2.45. The van der Waals surface area contributed by atoms with Gasteiger partial charge in [-0.15, -0.1) is 22.7 Å². The van der Waals surface area contributed by atoms with Gasteiger partial charge in [0.05, 0.1) is 23.5 Å².